The van der Waals surface area contributed by atoms with Crippen LogP contribution in [0, 0.1) is 17.0 Å². The first-order valence-electron chi connectivity index (χ1n) is 6.68. The minimum atomic E-state index is -0.465. The number of piperazine rings is 1. The first-order chi connectivity index (χ1) is 9.36. The van der Waals surface area contributed by atoms with E-state index in [-0.39, 0.29) is 36.1 Å². The normalized spacial score (nSPS) is 21.6. The van der Waals surface area contributed by atoms with Gasteiger partial charge in [0.2, 0.25) is 0 Å². The van der Waals surface area contributed by atoms with Crippen LogP contribution in [0.25, 0.3) is 0 Å². The van der Waals surface area contributed by atoms with Crippen molar-refractivity contribution in [3.05, 3.63) is 39.4 Å². The summed E-state index contributed by atoms with van der Waals surface area (Å²) >= 11 is 0. The molecule has 1 aliphatic heterocycles. The lowest BCUT2D eigenvalue weighted by Crippen LogP contribution is -2.55. The van der Waals surface area contributed by atoms with E-state index in [9.17, 15) is 14.9 Å². The molecule has 1 N–H and O–H groups in total. The van der Waals surface area contributed by atoms with Gasteiger partial charge in [0, 0.05) is 42.9 Å². The number of nitrogens with zero attached hydrogens (tertiary/aromatic N) is 2. The van der Waals surface area contributed by atoms with Crippen molar-refractivity contribution in [2.75, 3.05) is 13.1 Å². The first-order valence-corrected chi connectivity index (χ1v) is 6.68. The molecular formula is C14H20ClN3O3. The van der Waals surface area contributed by atoms with Crippen molar-refractivity contribution in [3.8, 4) is 0 Å². The molecule has 2 atom stereocenters. The number of nitrogens with one attached hydrogen (secondary N) is 1. The fourth-order valence-electron chi connectivity index (χ4n) is 2.67. The van der Waals surface area contributed by atoms with Crippen LogP contribution in [-0.4, -0.2) is 40.9 Å². The maximum Gasteiger partial charge on any atom is 0.270 e. The maximum absolute atomic E-state index is 12.5. The second-order valence-electron chi connectivity index (χ2n) is 5.49. The smallest absolute Gasteiger partial charge is 0.270 e. The fraction of sp³-hybridized carbons (Fsp3) is 0.500. The number of hydrogen-bond donors (Lipinski definition) is 1. The molecule has 0 spiro atoms. The van der Waals surface area contributed by atoms with Gasteiger partial charge in [0.1, 0.15) is 0 Å². The van der Waals surface area contributed by atoms with Gasteiger partial charge in [0.15, 0.2) is 0 Å². The topological polar surface area (TPSA) is 75.5 Å². The van der Waals surface area contributed by atoms with Gasteiger partial charge in [-0.3, -0.25) is 14.9 Å². The van der Waals surface area contributed by atoms with E-state index >= 15 is 0 Å². The molecule has 21 heavy (non-hydrogen) atoms. The number of rotatable bonds is 2. The number of carbonyl (C=O) groups excluding carboxylic acids is 1. The zero-order valence-corrected chi connectivity index (χ0v) is 13.1. The number of halogens is 1. The van der Waals surface area contributed by atoms with Gasteiger partial charge in [-0.05, 0) is 32.4 Å². The van der Waals surface area contributed by atoms with Crippen LogP contribution in [0.3, 0.4) is 0 Å². The molecule has 0 aromatic heterocycles. The Balaban J connectivity index is 0.00000220. The lowest BCUT2D eigenvalue weighted by atomic mass is 10.1. The lowest BCUT2D eigenvalue weighted by Gasteiger charge is -2.36. The van der Waals surface area contributed by atoms with Crippen LogP contribution in [0.2, 0.25) is 0 Å². The summed E-state index contributed by atoms with van der Waals surface area (Å²) in [6.07, 6.45) is 0. The van der Waals surface area contributed by atoms with Crippen LogP contribution in [0.1, 0.15) is 29.8 Å². The number of aryl methyl sites for hydroxylation is 1. The lowest BCUT2D eigenvalue weighted by molar-refractivity contribution is -0.384. The molecule has 1 aromatic carbocycles. The van der Waals surface area contributed by atoms with Crippen LogP contribution >= 0.6 is 12.4 Å². The van der Waals surface area contributed by atoms with Crippen LogP contribution < -0.4 is 5.32 Å². The Morgan fingerprint density at radius 2 is 1.86 bits per heavy atom. The van der Waals surface area contributed by atoms with Crippen molar-refractivity contribution in [3.63, 3.8) is 0 Å². The molecule has 6 nitrogen and oxygen atoms in total. The van der Waals surface area contributed by atoms with Gasteiger partial charge in [-0.2, -0.15) is 0 Å². The SMILES string of the molecule is Cc1cc(C(=O)N2CC(C)NC(C)C2)cc([N+](=O)[O-])c1.Cl. The predicted molar refractivity (Wildman–Crippen MR) is 83.0 cm³/mol. The van der Waals surface area contributed by atoms with Gasteiger partial charge in [-0.25, -0.2) is 0 Å². The number of nitro benzene ring substituents is 1. The monoisotopic (exact) mass is 313 g/mol. The van der Waals surface area contributed by atoms with Gasteiger partial charge in [0.25, 0.3) is 11.6 Å². The average Bonchev–Trinajstić information content (AvgIpc) is 2.35. The third kappa shape index (κ3) is 4.15. The van der Waals surface area contributed by atoms with Crippen LogP contribution in [0.15, 0.2) is 18.2 Å². The van der Waals surface area contributed by atoms with Crippen LogP contribution in [0.4, 0.5) is 5.69 Å². The molecule has 2 rings (SSSR count). The minimum Gasteiger partial charge on any atom is -0.336 e. The number of benzene rings is 1. The summed E-state index contributed by atoms with van der Waals surface area (Å²) in [5.74, 6) is -0.142. The maximum atomic E-state index is 12.5. The summed E-state index contributed by atoms with van der Waals surface area (Å²) in [6.45, 7) is 7.03. The van der Waals surface area contributed by atoms with Crippen molar-refractivity contribution in [2.45, 2.75) is 32.9 Å². The molecule has 0 saturated carbocycles. The highest BCUT2D eigenvalue weighted by molar-refractivity contribution is 5.95. The average molecular weight is 314 g/mol. The zero-order valence-electron chi connectivity index (χ0n) is 12.3. The van der Waals surface area contributed by atoms with Crippen molar-refractivity contribution >= 4 is 24.0 Å². The number of nitro groups is 1. The molecule has 1 heterocycles. The van der Waals surface area contributed by atoms with Crippen molar-refractivity contribution in [2.24, 2.45) is 0 Å². The van der Waals surface area contributed by atoms with Crippen molar-refractivity contribution < 1.29 is 9.72 Å². The van der Waals surface area contributed by atoms with Crippen molar-refractivity contribution in [1.29, 1.82) is 0 Å². The summed E-state index contributed by atoms with van der Waals surface area (Å²) in [4.78, 5) is 24.7. The Morgan fingerprint density at radius 1 is 1.29 bits per heavy atom. The molecule has 1 amide bonds. The third-order valence-electron chi connectivity index (χ3n) is 3.36. The van der Waals surface area contributed by atoms with Gasteiger partial charge in [-0.1, -0.05) is 0 Å². The number of non-ortho nitro benzene ring substituents is 1. The second kappa shape index (κ2) is 6.87. The summed E-state index contributed by atoms with van der Waals surface area (Å²) in [5.41, 5.74) is 1.07. The highest BCUT2D eigenvalue weighted by atomic mass is 35.5. The van der Waals surface area contributed by atoms with Gasteiger partial charge >= 0.3 is 0 Å². The van der Waals surface area contributed by atoms with E-state index < -0.39 is 4.92 Å². The number of carbonyl (C=O) groups is 1. The summed E-state index contributed by atoms with van der Waals surface area (Å²) < 4.78 is 0. The Labute approximate surface area is 130 Å². The van der Waals surface area contributed by atoms with E-state index in [1.807, 2.05) is 13.8 Å². The van der Waals surface area contributed by atoms with E-state index in [1.165, 1.54) is 12.1 Å². The molecule has 0 radical (unpaired) electrons. The van der Waals surface area contributed by atoms with E-state index in [0.29, 0.717) is 18.7 Å². The zero-order chi connectivity index (χ0) is 14.9. The Kier molecular flexibility index (Phi) is 5.69. The highest BCUT2D eigenvalue weighted by Gasteiger charge is 2.26. The molecule has 7 heteroatoms. The van der Waals surface area contributed by atoms with Crippen LogP contribution in [-0.2, 0) is 0 Å². The molecular weight excluding hydrogens is 294 g/mol. The molecule has 1 aromatic rings. The second-order valence-corrected chi connectivity index (χ2v) is 5.49. The third-order valence-corrected chi connectivity index (χ3v) is 3.36. The van der Waals surface area contributed by atoms with E-state index in [1.54, 1.807) is 17.9 Å². The standard InChI is InChI=1S/C14H19N3O3.ClH/c1-9-4-12(6-13(5-9)17(19)20)14(18)16-7-10(2)15-11(3)8-16;/h4-6,10-11,15H,7-8H2,1-3H3;1H. The Hall–Kier alpha value is -1.66. The molecule has 1 saturated heterocycles. The van der Waals surface area contributed by atoms with E-state index in [0.717, 1.165) is 5.56 Å². The Morgan fingerprint density at radius 3 is 2.38 bits per heavy atom. The molecule has 0 bridgehead atoms. The minimum absolute atomic E-state index is 0. The number of hydrogen-bond acceptors (Lipinski definition) is 4. The summed E-state index contributed by atoms with van der Waals surface area (Å²) in [7, 11) is 0. The van der Waals surface area contributed by atoms with Gasteiger partial charge in [0.05, 0.1) is 4.92 Å². The van der Waals surface area contributed by atoms with Crippen LogP contribution in [0.5, 0.6) is 0 Å². The van der Waals surface area contributed by atoms with E-state index in [2.05, 4.69) is 5.32 Å². The predicted octanol–water partition coefficient (Wildman–Crippen LogP) is 2.15. The largest absolute Gasteiger partial charge is 0.336 e. The van der Waals surface area contributed by atoms with Gasteiger partial charge in [-0.15, -0.1) is 12.4 Å². The molecule has 0 aliphatic carbocycles. The van der Waals surface area contributed by atoms with E-state index in [4.69, 9.17) is 0 Å². The molecule has 1 fully saturated rings. The number of amides is 1. The highest BCUT2D eigenvalue weighted by Crippen LogP contribution is 2.19. The summed E-state index contributed by atoms with van der Waals surface area (Å²) in [5, 5.41) is 14.2. The fourth-order valence-corrected chi connectivity index (χ4v) is 2.67. The quantitative estimate of drug-likeness (QED) is 0.670. The molecule has 2 unspecified atom stereocenters. The Bertz CT molecular complexity index is 540. The van der Waals surface area contributed by atoms with Crippen molar-refractivity contribution in [1.82, 2.24) is 10.2 Å². The molecule has 116 valence electrons. The first kappa shape index (κ1) is 17.4. The van der Waals surface area contributed by atoms with Gasteiger partial charge < -0.3 is 10.2 Å². The molecule has 1 aliphatic rings. The summed E-state index contributed by atoms with van der Waals surface area (Å²) in [6, 6.07) is 4.98.